The number of ketones is 1. The molecule has 98 valence electrons. The number of halogens is 2. The summed E-state index contributed by atoms with van der Waals surface area (Å²) in [7, 11) is 0. The summed E-state index contributed by atoms with van der Waals surface area (Å²) in [5, 5.41) is 7.31. The van der Waals surface area contributed by atoms with Crippen LogP contribution in [0.15, 0.2) is 41.1 Å². The van der Waals surface area contributed by atoms with Gasteiger partial charge in [0.05, 0.1) is 10.0 Å². The van der Waals surface area contributed by atoms with Crippen molar-refractivity contribution in [3.05, 3.63) is 57.9 Å². The summed E-state index contributed by atoms with van der Waals surface area (Å²) < 4.78 is 4.87. The van der Waals surface area contributed by atoms with Crippen molar-refractivity contribution in [3.63, 3.8) is 0 Å². The second kappa shape index (κ2) is 5.91. The molecule has 1 aromatic carbocycles. The molecule has 2 rings (SSSR count). The molecule has 0 radical (unpaired) electrons. The Kier molecular flexibility index (Phi) is 4.24. The highest BCUT2D eigenvalue weighted by molar-refractivity contribution is 6.42. The van der Waals surface area contributed by atoms with E-state index in [4.69, 9.17) is 27.7 Å². The highest BCUT2D eigenvalue weighted by Crippen LogP contribution is 2.22. The van der Waals surface area contributed by atoms with E-state index in [2.05, 4.69) is 10.5 Å². The fourth-order valence-corrected chi connectivity index (χ4v) is 1.68. The molecule has 19 heavy (non-hydrogen) atoms. The quantitative estimate of drug-likeness (QED) is 0.682. The molecule has 0 aliphatic carbocycles. The lowest BCUT2D eigenvalue weighted by Crippen LogP contribution is -1.96. The Balaban J connectivity index is 2.02. The molecule has 0 aliphatic rings. The van der Waals surface area contributed by atoms with Gasteiger partial charge in [-0.05, 0) is 25.1 Å². The zero-order valence-electron chi connectivity index (χ0n) is 9.98. The van der Waals surface area contributed by atoms with Crippen LogP contribution < -0.4 is 5.32 Å². The van der Waals surface area contributed by atoms with E-state index in [1.165, 1.54) is 18.3 Å². The van der Waals surface area contributed by atoms with E-state index in [9.17, 15) is 4.79 Å². The Morgan fingerprint density at radius 1 is 1.32 bits per heavy atom. The van der Waals surface area contributed by atoms with Gasteiger partial charge in [-0.3, -0.25) is 4.79 Å². The van der Waals surface area contributed by atoms with E-state index in [-0.39, 0.29) is 5.78 Å². The summed E-state index contributed by atoms with van der Waals surface area (Å²) in [5.74, 6) is 1.04. The molecule has 1 aromatic heterocycles. The normalized spacial score (nSPS) is 10.9. The third-order valence-corrected chi connectivity index (χ3v) is 3.04. The van der Waals surface area contributed by atoms with Crippen molar-refractivity contribution in [2.45, 2.75) is 6.92 Å². The van der Waals surface area contributed by atoms with Crippen LogP contribution in [0, 0.1) is 6.92 Å². The molecule has 0 amide bonds. The van der Waals surface area contributed by atoms with Crippen LogP contribution in [0.2, 0.25) is 10.0 Å². The summed E-state index contributed by atoms with van der Waals surface area (Å²) in [6, 6.07) is 6.44. The van der Waals surface area contributed by atoms with E-state index >= 15 is 0 Å². The monoisotopic (exact) mass is 296 g/mol. The number of nitrogens with zero attached hydrogens (tertiary/aromatic N) is 1. The zero-order chi connectivity index (χ0) is 13.8. The zero-order valence-corrected chi connectivity index (χ0v) is 11.5. The molecule has 0 saturated carbocycles. The van der Waals surface area contributed by atoms with Crippen molar-refractivity contribution in [1.82, 2.24) is 5.16 Å². The van der Waals surface area contributed by atoms with Gasteiger partial charge in [0.1, 0.15) is 5.76 Å². The lowest BCUT2D eigenvalue weighted by Gasteiger charge is -1.99. The minimum atomic E-state index is -0.189. The molecular weight excluding hydrogens is 287 g/mol. The number of rotatable bonds is 4. The molecule has 4 nitrogen and oxygen atoms in total. The fourth-order valence-electron chi connectivity index (χ4n) is 1.38. The molecule has 0 spiro atoms. The summed E-state index contributed by atoms with van der Waals surface area (Å²) in [5.41, 5.74) is 0.462. The van der Waals surface area contributed by atoms with E-state index in [1.54, 1.807) is 25.1 Å². The van der Waals surface area contributed by atoms with Crippen LogP contribution in [-0.4, -0.2) is 10.9 Å². The number of carbonyl (C=O) groups excluding carboxylic acids is 1. The molecule has 2 aromatic rings. The molecule has 0 fully saturated rings. The number of anilines is 1. The summed E-state index contributed by atoms with van der Waals surface area (Å²) in [4.78, 5) is 11.8. The second-order valence-electron chi connectivity index (χ2n) is 3.79. The fraction of sp³-hybridized carbons (Fsp3) is 0.0769. The number of carbonyl (C=O) groups is 1. The number of hydrogen-bond donors (Lipinski definition) is 1. The van der Waals surface area contributed by atoms with Crippen molar-refractivity contribution >= 4 is 34.8 Å². The minimum Gasteiger partial charge on any atom is -0.360 e. The molecule has 6 heteroatoms. The van der Waals surface area contributed by atoms with Crippen molar-refractivity contribution < 1.29 is 9.32 Å². The number of aromatic nitrogens is 1. The van der Waals surface area contributed by atoms with Crippen molar-refractivity contribution in [1.29, 1.82) is 0 Å². The van der Waals surface area contributed by atoms with Gasteiger partial charge < -0.3 is 9.84 Å². The van der Waals surface area contributed by atoms with Crippen LogP contribution in [0.3, 0.4) is 0 Å². The first-order chi connectivity index (χ1) is 9.06. The molecule has 0 saturated heterocycles. The van der Waals surface area contributed by atoms with Crippen LogP contribution in [0.25, 0.3) is 0 Å². The van der Waals surface area contributed by atoms with Crippen LogP contribution in [-0.2, 0) is 0 Å². The number of nitrogens with one attached hydrogen (secondary N) is 1. The smallest absolute Gasteiger partial charge is 0.187 e. The second-order valence-corrected chi connectivity index (χ2v) is 4.61. The molecule has 0 unspecified atom stereocenters. The Hall–Kier alpha value is -1.78. The average molecular weight is 297 g/mol. The number of benzene rings is 1. The van der Waals surface area contributed by atoms with Gasteiger partial charge in [0.2, 0.25) is 0 Å². The molecule has 0 bridgehead atoms. The first kappa shape index (κ1) is 13.6. The van der Waals surface area contributed by atoms with Gasteiger partial charge in [-0.15, -0.1) is 0 Å². The molecule has 0 atom stereocenters. The van der Waals surface area contributed by atoms with Crippen molar-refractivity contribution in [2.24, 2.45) is 0 Å². The first-order valence-electron chi connectivity index (χ1n) is 5.42. The van der Waals surface area contributed by atoms with Gasteiger partial charge in [0, 0.05) is 23.9 Å². The number of allylic oxidation sites excluding steroid dienone is 1. The van der Waals surface area contributed by atoms with E-state index < -0.39 is 0 Å². The third-order valence-electron chi connectivity index (χ3n) is 2.30. The van der Waals surface area contributed by atoms with Crippen LogP contribution >= 0.6 is 23.2 Å². The lowest BCUT2D eigenvalue weighted by molar-refractivity contribution is 0.104. The standard InChI is InChI=1S/C13H10Cl2N2O2/c1-8-6-13(17-19-8)16-5-4-12(18)9-2-3-10(14)11(15)7-9/h2-7H,1H3,(H,16,17). The van der Waals surface area contributed by atoms with E-state index in [0.29, 0.717) is 27.2 Å². The largest absolute Gasteiger partial charge is 0.360 e. The number of aryl methyl sites for hydroxylation is 1. The van der Waals surface area contributed by atoms with Gasteiger partial charge >= 0.3 is 0 Å². The molecule has 1 heterocycles. The lowest BCUT2D eigenvalue weighted by atomic mass is 10.1. The molecule has 1 N–H and O–H groups in total. The minimum absolute atomic E-state index is 0.189. The Bertz CT molecular complexity index is 635. The van der Waals surface area contributed by atoms with Crippen LogP contribution in [0.5, 0.6) is 0 Å². The highest BCUT2D eigenvalue weighted by Gasteiger charge is 2.05. The van der Waals surface area contributed by atoms with E-state index in [0.717, 1.165) is 0 Å². The maximum absolute atomic E-state index is 11.8. The molecular formula is C13H10Cl2N2O2. The van der Waals surface area contributed by atoms with Crippen LogP contribution in [0.4, 0.5) is 5.82 Å². The number of hydrogen-bond acceptors (Lipinski definition) is 4. The van der Waals surface area contributed by atoms with Gasteiger partial charge in [-0.25, -0.2) is 0 Å². The Morgan fingerprint density at radius 2 is 2.11 bits per heavy atom. The summed E-state index contributed by atoms with van der Waals surface area (Å²) in [6.45, 7) is 1.78. The van der Waals surface area contributed by atoms with Gasteiger partial charge in [0.25, 0.3) is 0 Å². The van der Waals surface area contributed by atoms with Crippen molar-refractivity contribution in [3.8, 4) is 0 Å². The summed E-state index contributed by atoms with van der Waals surface area (Å²) in [6.07, 6.45) is 2.87. The predicted molar refractivity (Wildman–Crippen MR) is 74.8 cm³/mol. The molecule has 0 aliphatic heterocycles. The third kappa shape index (κ3) is 3.59. The Labute approximate surface area is 120 Å². The SMILES string of the molecule is Cc1cc(NC=CC(=O)c2ccc(Cl)c(Cl)c2)no1. The first-order valence-corrected chi connectivity index (χ1v) is 6.17. The van der Waals surface area contributed by atoms with E-state index in [1.807, 2.05) is 0 Å². The average Bonchev–Trinajstić information content (AvgIpc) is 2.78. The van der Waals surface area contributed by atoms with Gasteiger partial charge in [0.15, 0.2) is 11.6 Å². The van der Waals surface area contributed by atoms with Crippen LogP contribution in [0.1, 0.15) is 16.1 Å². The van der Waals surface area contributed by atoms with Gasteiger partial charge in [-0.1, -0.05) is 28.4 Å². The highest BCUT2D eigenvalue weighted by atomic mass is 35.5. The predicted octanol–water partition coefficient (Wildman–Crippen LogP) is 4.10. The summed E-state index contributed by atoms with van der Waals surface area (Å²) >= 11 is 11.6. The van der Waals surface area contributed by atoms with Crippen molar-refractivity contribution in [2.75, 3.05) is 5.32 Å². The topological polar surface area (TPSA) is 55.1 Å². The Morgan fingerprint density at radius 3 is 2.74 bits per heavy atom. The maximum Gasteiger partial charge on any atom is 0.187 e. The van der Waals surface area contributed by atoms with Gasteiger partial charge in [-0.2, -0.15) is 0 Å². The maximum atomic E-state index is 11.8.